The Kier molecular flexibility index (Phi) is 4.49. The minimum absolute atomic E-state index is 0.0195. The first-order chi connectivity index (χ1) is 8.41. The van der Waals surface area contributed by atoms with Gasteiger partial charge in [0.05, 0.1) is 4.92 Å². The van der Waals surface area contributed by atoms with Crippen molar-refractivity contribution in [2.45, 2.75) is 25.8 Å². The maximum atomic E-state index is 11.1. The van der Waals surface area contributed by atoms with Crippen molar-refractivity contribution < 1.29 is 10.0 Å². The molecule has 0 amide bonds. The average molecular weight is 253 g/mol. The number of nitrogens with zero attached hydrogens (tertiary/aromatic N) is 1. The summed E-state index contributed by atoms with van der Waals surface area (Å²) >= 11 is 0. The van der Waals surface area contributed by atoms with E-state index in [0.717, 1.165) is 0 Å². The molecule has 0 aliphatic rings. The first-order valence-corrected chi connectivity index (χ1v) is 5.75. The fourth-order valence-corrected chi connectivity index (χ4v) is 1.75. The van der Waals surface area contributed by atoms with Gasteiger partial charge in [-0.2, -0.15) is 0 Å². The van der Waals surface area contributed by atoms with Gasteiger partial charge >= 0.3 is 5.69 Å². The summed E-state index contributed by atoms with van der Waals surface area (Å²) in [6, 6.07) is 5.07. The van der Waals surface area contributed by atoms with Crippen molar-refractivity contribution in [3.8, 4) is 0 Å². The average Bonchev–Trinajstić information content (AvgIpc) is 2.27. The van der Waals surface area contributed by atoms with Crippen molar-refractivity contribution >= 4 is 17.1 Å². The number of hydrogen-bond acceptors (Lipinski definition) is 5. The van der Waals surface area contributed by atoms with E-state index in [0.29, 0.717) is 17.8 Å². The number of aliphatic hydroxyl groups excluding tert-OH is 1. The Morgan fingerprint density at radius 3 is 2.50 bits per heavy atom. The number of para-hydroxylation sites is 1. The van der Waals surface area contributed by atoms with Gasteiger partial charge in [0.15, 0.2) is 0 Å². The third-order valence-electron chi connectivity index (χ3n) is 2.70. The molecule has 0 spiro atoms. The smallest absolute Gasteiger partial charge is 0.315 e. The Hall–Kier alpha value is -1.82. The second-order valence-corrected chi connectivity index (χ2v) is 4.69. The van der Waals surface area contributed by atoms with E-state index < -0.39 is 10.5 Å². The second kappa shape index (κ2) is 5.68. The lowest BCUT2D eigenvalue weighted by molar-refractivity contribution is -0.383. The maximum absolute atomic E-state index is 11.1. The highest BCUT2D eigenvalue weighted by molar-refractivity contribution is 5.76. The maximum Gasteiger partial charge on any atom is 0.315 e. The molecule has 3 N–H and O–H groups in total. The van der Waals surface area contributed by atoms with E-state index in [-0.39, 0.29) is 12.3 Å². The number of rotatable bonds is 6. The third kappa shape index (κ3) is 3.33. The quantitative estimate of drug-likeness (QED) is 0.534. The highest BCUT2D eigenvalue weighted by Gasteiger charge is 2.24. The predicted octanol–water partition coefficient (Wildman–Crippen LogP) is 2.21. The lowest BCUT2D eigenvalue weighted by Gasteiger charge is -2.26. The molecule has 1 aromatic carbocycles. The molecule has 0 saturated heterocycles. The molecular formula is C12H19N3O3. The molecule has 1 aromatic rings. The van der Waals surface area contributed by atoms with Gasteiger partial charge in [-0.1, -0.05) is 6.07 Å². The van der Waals surface area contributed by atoms with Crippen molar-refractivity contribution in [3.05, 3.63) is 28.3 Å². The Morgan fingerprint density at radius 2 is 2.00 bits per heavy atom. The summed E-state index contributed by atoms with van der Waals surface area (Å²) in [5.74, 6) is 0. The first kappa shape index (κ1) is 14.2. The minimum Gasteiger partial charge on any atom is -0.396 e. The van der Waals surface area contributed by atoms with Gasteiger partial charge in [-0.3, -0.25) is 10.1 Å². The molecule has 100 valence electrons. The topological polar surface area (TPSA) is 87.4 Å². The van der Waals surface area contributed by atoms with Crippen molar-refractivity contribution in [1.82, 2.24) is 0 Å². The van der Waals surface area contributed by atoms with E-state index in [9.17, 15) is 10.1 Å². The third-order valence-corrected chi connectivity index (χ3v) is 2.70. The van der Waals surface area contributed by atoms with Gasteiger partial charge in [0, 0.05) is 19.2 Å². The van der Waals surface area contributed by atoms with E-state index in [4.69, 9.17) is 5.11 Å². The first-order valence-electron chi connectivity index (χ1n) is 5.75. The van der Waals surface area contributed by atoms with E-state index >= 15 is 0 Å². The normalized spacial score (nSPS) is 11.1. The van der Waals surface area contributed by atoms with Crippen LogP contribution in [0.15, 0.2) is 18.2 Å². The number of nitro benzene ring substituents is 1. The van der Waals surface area contributed by atoms with Crippen LogP contribution in [-0.2, 0) is 0 Å². The second-order valence-electron chi connectivity index (χ2n) is 4.69. The molecule has 1 rings (SSSR count). The van der Waals surface area contributed by atoms with Gasteiger partial charge < -0.3 is 15.7 Å². The monoisotopic (exact) mass is 253 g/mol. The van der Waals surface area contributed by atoms with Crippen LogP contribution in [0.1, 0.15) is 20.3 Å². The summed E-state index contributed by atoms with van der Waals surface area (Å²) in [4.78, 5) is 10.7. The zero-order chi connectivity index (χ0) is 13.8. The van der Waals surface area contributed by atoms with Crippen molar-refractivity contribution in [2.24, 2.45) is 0 Å². The molecule has 0 aliphatic heterocycles. The van der Waals surface area contributed by atoms with Gasteiger partial charge in [0.25, 0.3) is 0 Å². The zero-order valence-electron chi connectivity index (χ0n) is 10.9. The predicted molar refractivity (Wildman–Crippen MR) is 72.0 cm³/mol. The van der Waals surface area contributed by atoms with Crippen molar-refractivity contribution in [1.29, 1.82) is 0 Å². The number of benzene rings is 1. The van der Waals surface area contributed by atoms with Crippen LogP contribution < -0.4 is 10.6 Å². The largest absolute Gasteiger partial charge is 0.396 e. The summed E-state index contributed by atoms with van der Waals surface area (Å²) in [6.07, 6.45) is 0.508. The van der Waals surface area contributed by atoms with E-state index in [1.54, 1.807) is 25.2 Å². The molecule has 0 radical (unpaired) electrons. The van der Waals surface area contributed by atoms with Crippen LogP contribution in [0.5, 0.6) is 0 Å². The van der Waals surface area contributed by atoms with Crippen LogP contribution in [0.3, 0.4) is 0 Å². The Morgan fingerprint density at radius 1 is 1.39 bits per heavy atom. The Balaban J connectivity index is 3.12. The van der Waals surface area contributed by atoms with Gasteiger partial charge in [-0.25, -0.2) is 0 Å². The Labute approximate surface area is 106 Å². The summed E-state index contributed by atoms with van der Waals surface area (Å²) < 4.78 is 0. The molecule has 0 fully saturated rings. The van der Waals surface area contributed by atoms with Crippen LogP contribution in [0.4, 0.5) is 17.1 Å². The van der Waals surface area contributed by atoms with Crippen LogP contribution >= 0.6 is 0 Å². The van der Waals surface area contributed by atoms with Gasteiger partial charge in [-0.05, 0) is 32.4 Å². The molecule has 0 aromatic heterocycles. The van der Waals surface area contributed by atoms with E-state index in [2.05, 4.69) is 10.6 Å². The highest BCUT2D eigenvalue weighted by Crippen LogP contribution is 2.34. The molecule has 6 nitrogen and oxygen atoms in total. The van der Waals surface area contributed by atoms with Crippen LogP contribution in [0, 0.1) is 10.1 Å². The zero-order valence-corrected chi connectivity index (χ0v) is 10.9. The standard InChI is InChI=1S/C12H19N3O3/c1-12(2,7-8-16)14-10-6-4-5-9(13-3)11(10)15(17)18/h4-6,13-14,16H,7-8H2,1-3H3. The summed E-state index contributed by atoms with van der Waals surface area (Å²) in [7, 11) is 1.64. The summed E-state index contributed by atoms with van der Waals surface area (Å²) in [5.41, 5.74) is 0.521. The van der Waals surface area contributed by atoms with E-state index in [1.165, 1.54) is 0 Å². The lowest BCUT2D eigenvalue weighted by Crippen LogP contribution is -2.32. The van der Waals surface area contributed by atoms with Gasteiger partial charge in [0.2, 0.25) is 0 Å². The fraction of sp³-hybridized carbons (Fsp3) is 0.500. The highest BCUT2D eigenvalue weighted by atomic mass is 16.6. The van der Waals surface area contributed by atoms with E-state index in [1.807, 2.05) is 13.8 Å². The Bertz CT molecular complexity index is 433. The molecule has 0 aliphatic carbocycles. The number of aliphatic hydroxyl groups is 1. The number of anilines is 2. The van der Waals surface area contributed by atoms with Crippen molar-refractivity contribution in [3.63, 3.8) is 0 Å². The SMILES string of the molecule is CNc1cccc(NC(C)(C)CCO)c1[N+](=O)[O-]. The minimum atomic E-state index is -0.413. The molecule has 0 unspecified atom stereocenters. The lowest BCUT2D eigenvalue weighted by atomic mass is 10.0. The fourth-order valence-electron chi connectivity index (χ4n) is 1.75. The molecule has 18 heavy (non-hydrogen) atoms. The van der Waals surface area contributed by atoms with Gasteiger partial charge in [0.1, 0.15) is 11.4 Å². The van der Waals surface area contributed by atoms with Crippen LogP contribution in [0.2, 0.25) is 0 Å². The van der Waals surface area contributed by atoms with Crippen LogP contribution in [0.25, 0.3) is 0 Å². The molecule has 0 bridgehead atoms. The molecule has 0 saturated carbocycles. The molecular weight excluding hydrogens is 234 g/mol. The molecule has 6 heteroatoms. The summed E-state index contributed by atoms with van der Waals surface area (Å²) in [5, 5.41) is 26.0. The van der Waals surface area contributed by atoms with Crippen molar-refractivity contribution in [2.75, 3.05) is 24.3 Å². The van der Waals surface area contributed by atoms with Crippen LogP contribution in [-0.4, -0.2) is 29.2 Å². The number of hydrogen-bond donors (Lipinski definition) is 3. The molecule has 0 heterocycles. The molecule has 0 atom stereocenters. The number of nitro groups is 1. The summed E-state index contributed by atoms with van der Waals surface area (Å²) in [6.45, 7) is 3.80. The number of nitrogens with one attached hydrogen (secondary N) is 2. The van der Waals surface area contributed by atoms with Gasteiger partial charge in [-0.15, -0.1) is 0 Å².